The summed E-state index contributed by atoms with van der Waals surface area (Å²) in [7, 11) is -3.46. The van der Waals surface area contributed by atoms with Crippen molar-refractivity contribution < 1.29 is 8.42 Å². The highest BCUT2D eigenvalue weighted by molar-refractivity contribution is 7.89. The number of piperidine rings is 1. The molecule has 1 aliphatic carbocycles. The van der Waals surface area contributed by atoms with Crippen molar-refractivity contribution in [2.24, 2.45) is 0 Å². The number of hydrogen-bond acceptors (Lipinski definition) is 4. The fraction of sp³-hybridized carbons (Fsp3) is 0.727. The molecule has 1 aromatic carbocycles. The highest BCUT2D eigenvalue weighted by Gasteiger charge is 2.32. The van der Waals surface area contributed by atoms with Gasteiger partial charge in [0.05, 0.1) is 4.90 Å². The van der Waals surface area contributed by atoms with Gasteiger partial charge in [-0.25, -0.2) is 8.42 Å². The third-order valence-corrected chi connectivity index (χ3v) is 8.60. The highest BCUT2D eigenvalue weighted by Crippen LogP contribution is 2.28. The van der Waals surface area contributed by atoms with E-state index in [0.29, 0.717) is 11.4 Å². The lowest BCUT2D eigenvalue weighted by Crippen LogP contribution is -2.49. The number of benzene rings is 1. The second-order valence-electron chi connectivity index (χ2n) is 8.66. The maximum atomic E-state index is 13.6. The molecular weight excluding hydrogens is 370 g/mol. The van der Waals surface area contributed by atoms with Crippen molar-refractivity contribution in [3.05, 3.63) is 29.3 Å². The lowest BCUT2D eigenvalue weighted by molar-refractivity contribution is 0.246. The van der Waals surface area contributed by atoms with Crippen molar-refractivity contribution >= 4 is 10.0 Å². The second kappa shape index (κ2) is 9.24. The van der Waals surface area contributed by atoms with Crippen molar-refractivity contribution in [1.82, 2.24) is 14.5 Å². The molecule has 1 aromatic rings. The normalized spacial score (nSPS) is 23.8. The van der Waals surface area contributed by atoms with Crippen LogP contribution in [0.1, 0.15) is 56.1 Å². The molecule has 2 heterocycles. The summed E-state index contributed by atoms with van der Waals surface area (Å²) < 4.78 is 29.1. The Morgan fingerprint density at radius 2 is 1.82 bits per heavy atom. The summed E-state index contributed by atoms with van der Waals surface area (Å²) in [5, 5.41) is 3.40. The molecule has 3 aliphatic rings. The van der Waals surface area contributed by atoms with Crippen LogP contribution in [0.2, 0.25) is 0 Å². The zero-order valence-corrected chi connectivity index (χ0v) is 17.9. The summed E-state index contributed by atoms with van der Waals surface area (Å²) >= 11 is 0. The van der Waals surface area contributed by atoms with E-state index in [2.05, 4.69) is 16.3 Å². The maximum absolute atomic E-state index is 13.6. The summed E-state index contributed by atoms with van der Waals surface area (Å²) in [4.78, 5) is 2.97. The number of hydrogen-bond donors (Lipinski definition) is 1. The number of fused-ring (bicyclic) bond motifs is 1. The molecule has 0 saturated carbocycles. The molecule has 1 unspecified atom stereocenters. The molecule has 0 amide bonds. The van der Waals surface area contributed by atoms with E-state index < -0.39 is 10.0 Å². The zero-order chi connectivity index (χ0) is 19.4. The van der Waals surface area contributed by atoms with Gasteiger partial charge in [0.25, 0.3) is 0 Å². The number of sulfonamides is 1. The third-order valence-electron chi connectivity index (χ3n) is 6.66. The third kappa shape index (κ3) is 4.61. The lowest BCUT2D eigenvalue weighted by Gasteiger charge is -2.34. The molecule has 156 valence electrons. The summed E-state index contributed by atoms with van der Waals surface area (Å²) in [6.45, 7) is 5.74. The quantitative estimate of drug-likeness (QED) is 0.758. The smallest absolute Gasteiger partial charge is 0.243 e. The van der Waals surface area contributed by atoms with Gasteiger partial charge in [-0.1, -0.05) is 6.07 Å². The summed E-state index contributed by atoms with van der Waals surface area (Å²) in [5.74, 6) is 0. The van der Waals surface area contributed by atoms with Crippen LogP contribution in [0, 0.1) is 0 Å². The minimum atomic E-state index is -3.46. The van der Waals surface area contributed by atoms with Gasteiger partial charge in [0.15, 0.2) is 0 Å². The minimum absolute atomic E-state index is 0.0772. The topological polar surface area (TPSA) is 52.7 Å². The van der Waals surface area contributed by atoms with Crippen LogP contribution in [0.3, 0.4) is 0 Å². The first-order valence-electron chi connectivity index (χ1n) is 11.2. The molecule has 5 nitrogen and oxygen atoms in total. The average molecular weight is 406 g/mol. The summed E-state index contributed by atoms with van der Waals surface area (Å²) in [6, 6.07) is 5.95. The number of rotatable bonds is 7. The van der Waals surface area contributed by atoms with Crippen molar-refractivity contribution in [1.29, 1.82) is 0 Å². The van der Waals surface area contributed by atoms with Gasteiger partial charge >= 0.3 is 0 Å². The van der Waals surface area contributed by atoms with E-state index in [4.69, 9.17) is 0 Å². The Kier molecular flexibility index (Phi) is 6.71. The van der Waals surface area contributed by atoms with Gasteiger partial charge in [0.1, 0.15) is 0 Å². The standard InChI is InChI=1S/C22H35N3O2S/c26-28(27,22-11-10-19-7-1-2-8-20(19)17-22)25(21-9-5-12-23-18-21)16-6-15-24-13-3-4-14-24/h10-11,17,21,23H,1-9,12-16,18H2. The minimum Gasteiger partial charge on any atom is -0.315 e. The number of nitrogens with zero attached hydrogens (tertiary/aromatic N) is 2. The van der Waals surface area contributed by atoms with Crippen molar-refractivity contribution in [2.75, 3.05) is 39.3 Å². The van der Waals surface area contributed by atoms with Crippen molar-refractivity contribution in [2.45, 2.75) is 68.7 Å². The first-order valence-corrected chi connectivity index (χ1v) is 12.7. The molecule has 2 saturated heterocycles. The molecule has 2 aliphatic heterocycles. The second-order valence-corrected chi connectivity index (χ2v) is 10.5. The molecule has 0 bridgehead atoms. The molecule has 28 heavy (non-hydrogen) atoms. The van der Waals surface area contributed by atoms with Crippen LogP contribution in [0.5, 0.6) is 0 Å². The predicted molar refractivity (Wildman–Crippen MR) is 113 cm³/mol. The van der Waals surface area contributed by atoms with Gasteiger partial charge in [-0.15, -0.1) is 0 Å². The Labute approximate surface area is 170 Å². The molecule has 2 fully saturated rings. The Bertz CT molecular complexity index is 753. The van der Waals surface area contributed by atoms with Crippen molar-refractivity contribution in [3.63, 3.8) is 0 Å². The molecule has 1 atom stereocenters. The summed E-state index contributed by atoms with van der Waals surface area (Å²) in [5.41, 5.74) is 2.58. The van der Waals surface area contributed by atoms with Crippen molar-refractivity contribution in [3.8, 4) is 0 Å². The van der Waals surface area contributed by atoms with E-state index in [1.165, 1.54) is 49.9 Å². The fourth-order valence-corrected chi connectivity index (χ4v) is 6.78. The lowest BCUT2D eigenvalue weighted by atomic mass is 9.92. The molecular formula is C22H35N3O2S. The molecule has 4 rings (SSSR count). The fourth-order valence-electron chi connectivity index (χ4n) is 5.04. The number of nitrogens with one attached hydrogen (secondary N) is 1. The van der Waals surface area contributed by atoms with Crippen LogP contribution < -0.4 is 5.32 Å². The van der Waals surface area contributed by atoms with E-state index >= 15 is 0 Å². The van der Waals surface area contributed by atoms with Gasteiger partial charge in [-0.2, -0.15) is 4.31 Å². The molecule has 0 radical (unpaired) electrons. The van der Waals surface area contributed by atoms with Crippen LogP contribution in [0.4, 0.5) is 0 Å². The molecule has 0 aromatic heterocycles. The van der Waals surface area contributed by atoms with Gasteiger partial charge in [0, 0.05) is 19.1 Å². The monoisotopic (exact) mass is 405 g/mol. The highest BCUT2D eigenvalue weighted by atomic mass is 32.2. The Morgan fingerprint density at radius 1 is 1.04 bits per heavy atom. The van der Waals surface area contributed by atoms with E-state index in [1.54, 1.807) is 0 Å². The Morgan fingerprint density at radius 3 is 2.57 bits per heavy atom. The van der Waals surface area contributed by atoms with Gasteiger partial charge in [-0.05, 0) is 107 Å². The predicted octanol–water partition coefficient (Wildman–Crippen LogP) is 2.79. The molecule has 0 spiro atoms. The van der Waals surface area contributed by atoms with Crippen LogP contribution in [-0.2, 0) is 22.9 Å². The maximum Gasteiger partial charge on any atom is 0.243 e. The molecule has 1 N–H and O–H groups in total. The summed E-state index contributed by atoms with van der Waals surface area (Å²) in [6.07, 6.45) is 9.97. The van der Waals surface area contributed by atoms with E-state index in [-0.39, 0.29) is 6.04 Å². The van der Waals surface area contributed by atoms with Gasteiger partial charge in [-0.3, -0.25) is 0 Å². The first-order chi connectivity index (χ1) is 13.6. The van der Waals surface area contributed by atoms with Crippen LogP contribution in [0.15, 0.2) is 23.1 Å². The van der Waals surface area contributed by atoms with E-state index in [1.807, 2.05) is 16.4 Å². The Hall–Kier alpha value is -0.950. The van der Waals surface area contributed by atoms with E-state index in [9.17, 15) is 8.42 Å². The first kappa shape index (κ1) is 20.3. The van der Waals surface area contributed by atoms with Crippen LogP contribution >= 0.6 is 0 Å². The van der Waals surface area contributed by atoms with E-state index in [0.717, 1.165) is 51.7 Å². The van der Waals surface area contributed by atoms with Gasteiger partial charge in [0.2, 0.25) is 10.0 Å². The van der Waals surface area contributed by atoms with Crippen LogP contribution in [0.25, 0.3) is 0 Å². The Balaban J connectivity index is 1.52. The number of likely N-dealkylation sites (tertiary alicyclic amines) is 1. The number of aryl methyl sites for hydroxylation is 2. The van der Waals surface area contributed by atoms with Crippen LogP contribution in [-0.4, -0.2) is 62.9 Å². The molecule has 6 heteroatoms. The SMILES string of the molecule is O=S(=O)(c1ccc2c(c1)CCCC2)N(CCCN1CCCC1)C1CCCNC1. The average Bonchev–Trinajstić information content (AvgIpc) is 3.25. The largest absolute Gasteiger partial charge is 0.315 e. The van der Waals surface area contributed by atoms with Gasteiger partial charge < -0.3 is 10.2 Å². The zero-order valence-electron chi connectivity index (χ0n) is 17.0.